The maximum Gasteiger partial charge on any atom is 0.0465 e. The Hall–Kier alpha value is 0.134. The molecule has 0 saturated carbocycles. The van der Waals surface area contributed by atoms with Gasteiger partial charge in [0.05, 0.1) is 0 Å². The summed E-state index contributed by atoms with van der Waals surface area (Å²) in [6.07, 6.45) is 1.37. The molecule has 1 N–H and O–H groups in total. The van der Waals surface area contributed by atoms with Crippen LogP contribution in [0.25, 0.3) is 0 Å². The second-order valence-corrected chi connectivity index (χ2v) is 13.2. The molecule has 0 spiro atoms. The zero-order valence-corrected chi connectivity index (χ0v) is 13.7. The third kappa shape index (κ3) is 14.1. The largest absolute Gasteiger partial charge is 0.317 e. The summed E-state index contributed by atoms with van der Waals surface area (Å²) in [4.78, 5) is 0. The quantitative estimate of drug-likeness (QED) is 0.511. The summed E-state index contributed by atoms with van der Waals surface area (Å²) in [7, 11) is -0.702. The molecular formula is C12H29NSi2. The van der Waals surface area contributed by atoms with Crippen LogP contribution in [0.1, 0.15) is 20.3 Å². The van der Waals surface area contributed by atoms with E-state index in [9.17, 15) is 0 Å². The Bertz CT molecular complexity index is 179. The number of hydrogen-bond donors (Lipinski definition) is 1. The summed E-state index contributed by atoms with van der Waals surface area (Å²) in [5, 5.41) is 3.56. The molecule has 0 bridgehead atoms. The molecular weight excluding hydrogens is 214 g/mol. The monoisotopic (exact) mass is 243 g/mol. The average Bonchev–Trinajstić information content (AvgIpc) is 2.07. The van der Waals surface area contributed by atoms with E-state index >= 15 is 0 Å². The Morgan fingerprint density at radius 2 is 1.87 bits per heavy atom. The van der Waals surface area contributed by atoms with Gasteiger partial charge in [0.1, 0.15) is 0 Å². The van der Waals surface area contributed by atoms with Gasteiger partial charge in [-0.05, 0) is 39.4 Å². The van der Waals surface area contributed by atoms with Gasteiger partial charge < -0.3 is 5.32 Å². The lowest BCUT2D eigenvalue weighted by molar-refractivity contribution is 0.698. The molecule has 0 atom stereocenters. The van der Waals surface area contributed by atoms with Crippen LogP contribution in [0.3, 0.4) is 0 Å². The van der Waals surface area contributed by atoms with E-state index < -0.39 is 8.07 Å². The predicted molar refractivity (Wildman–Crippen MR) is 78.4 cm³/mol. The fourth-order valence-electron chi connectivity index (χ4n) is 1.49. The molecule has 0 aromatic carbocycles. The minimum atomic E-state index is -0.788. The Morgan fingerprint density at radius 3 is 2.40 bits per heavy atom. The van der Waals surface area contributed by atoms with Gasteiger partial charge in [0.15, 0.2) is 0 Å². The lowest BCUT2D eigenvalue weighted by Gasteiger charge is -2.15. The van der Waals surface area contributed by atoms with E-state index in [1.54, 1.807) is 0 Å². The molecule has 3 heteroatoms. The Balaban J connectivity index is 3.16. The van der Waals surface area contributed by atoms with Crippen molar-refractivity contribution >= 4 is 17.6 Å². The maximum absolute atomic E-state index is 3.56. The summed E-state index contributed by atoms with van der Waals surface area (Å²) in [5.74, 6) is 0. The molecule has 1 nitrogen and oxygen atoms in total. The van der Waals surface area contributed by atoms with Crippen LogP contribution in [0.2, 0.25) is 31.7 Å². The summed E-state index contributed by atoms with van der Waals surface area (Å²) in [6.45, 7) is 14.2. The van der Waals surface area contributed by atoms with Gasteiger partial charge in [-0.25, -0.2) is 0 Å². The molecule has 0 saturated heterocycles. The van der Waals surface area contributed by atoms with Crippen LogP contribution >= 0.6 is 0 Å². The van der Waals surface area contributed by atoms with Gasteiger partial charge in [0, 0.05) is 17.6 Å². The minimum Gasteiger partial charge on any atom is -0.317 e. The summed E-state index contributed by atoms with van der Waals surface area (Å²) >= 11 is 0. The van der Waals surface area contributed by atoms with E-state index in [1.165, 1.54) is 37.2 Å². The number of rotatable bonds is 8. The lowest BCUT2D eigenvalue weighted by atomic mass is 10.4. The standard InChI is InChI=1S/C12H29NSi2/c1-12(2)11-14-9-8-13-7-6-10-15(3,4)5/h11,13H,6-10,14H2,1-5H3. The van der Waals surface area contributed by atoms with Crippen LogP contribution in [0.4, 0.5) is 0 Å². The van der Waals surface area contributed by atoms with Gasteiger partial charge >= 0.3 is 0 Å². The molecule has 15 heavy (non-hydrogen) atoms. The minimum absolute atomic E-state index is 0.0863. The van der Waals surface area contributed by atoms with Crippen molar-refractivity contribution in [1.29, 1.82) is 0 Å². The van der Waals surface area contributed by atoms with Crippen LogP contribution in [0, 0.1) is 0 Å². The van der Waals surface area contributed by atoms with Crippen molar-refractivity contribution < 1.29 is 0 Å². The van der Waals surface area contributed by atoms with E-state index in [2.05, 4.69) is 44.5 Å². The maximum atomic E-state index is 3.56. The first kappa shape index (κ1) is 15.1. The highest BCUT2D eigenvalue weighted by molar-refractivity contribution is 6.76. The van der Waals surface area contributed by atoms with Gasteiger partial charge in [0.2, 0.25) is 0 Å². The Morgan fingerprint density at radius 1 is 1.20 bits per heavy atom. The van der Waals surface area contributed by atoms with E-state index in [-0.39, 0.29) is 9.52 Å². The Labute approximate surface area is 99.6 Å². The summed E-state index contributed by atoms with van der Waals surface area (Å²) in [6, 6.07) is 2.88. The smallest absolute Gasteiger partial charge is 0.0465 e. The molecule has 0 unspecified atom stereocenters. The van der Waals surface area contributed by atoms with E-state index in [0.29, 0.717) is 0 Å². The van der Waals surface area contributed by atoms with Crippen molar-refractivity contribution in [3.05, 3.63) is 11.3 Å². The lowest BCUT2D eigenvalue weighted by Crippen LogP contribution is -2.23. The topological polar surface area (TPSA) is 12.0 Å². The van der Waals surface area contributed by atoms with Crippen LogP contribution in [-0.4, -0.2) is 30.7 Å². The fraction of sp³-hybridized carbons (Fsp3) is 0.833. The SMILES string of the molecule is CC(C)=C[SiH2]CCNCCC[Si](C)(C)C. The number of nitrogens with one attached hydrogen (secondary N) is 1. The molecule has 0 aliphatic rings. The number of allylic oxidation sites excluding steroid dienone is 1. The first-order valence-electron chi connectivity index (χ1n) is 6.26. The third-order valence-corrected chi connectivity index (χ3v) is 6.11. The van der Waals surface area contributed by atoms with Crippen LogP contribution in [0.15, 0.2) is 11.3 Å². The number of hydrogen-bond acceptors (Lipinski definition) is 1. The Kier molecular flexibility index (Phi) is 8.38. The van der Waals surface area contributed by atoms with Crippen molar-refractivity contribution in [2.45, 2.75) is 52.0 Å². The van der Waals surface area contributed by atoms with Gasteiger partial charge in [-0.3, -0.25) is 0 Å². The third-order valence-electron chi connectivity index (χ3n) is 2.39. The normalized spacial score (nSPS) is 12.3. The molecule has 0 heterocycles. The molecule has 0 aliphatic heterocycles. The van der Waals surface area contributed by atoms with Gasteiger partial charge in [-0.2, -0.15) is 0 Å². The molecule has 0 rings (SSSR count). The zero-order chi connectivity index (χ0) is 11.7. The highest BCUT2D eigenvalue weighted by atomic mass is 28.3. The second-order valence-electron chi connectivity index (χ2n) is 5.84. The van der Waals surface area contributed by atoms with Crippen molar-refractivity contribution in [1.82, 2.24) is 5.32 Å². The predicted octanol–water partition coefficient (Wildman–Crippen LogP) is 2.82. The van der Waals surface area contributed by atoms with Crippen molar-refractivity contribution in [3.8, 4) is 0 Å². The first-order chi connectivity index (χ1) is 6.92. The molecule has 0 amide bonds. The zero-order valence-electron chi connectivity index (χ0n) is 11.3. The highest BCUT2D eigenvalue weighted by Crippen LogP contribution is 2.09. The van der Waals surface area contributed by atoms with Crippen LogP contribution < -0.4 is 5.32 Å². The van der Waals surface area contributed by atoms with E-state index in [1.807, 2.05) is 0 Å². The van der Waals surface area contributed by atoms with Crippen LogP contribution in [0.5, 0.6) is 0 Å². The van der Waals surface area contributed by atoms with Crippen molar-refractivity contribution in [2.24, 2.45) is 0 Å². The van der Waals surface area contributed by atoms with Gasteiger partial charge in [0.25, 0.3) is 0 Å². The van der Waals surface area contributed by atoms with E-state index in [0.717, 1.165) is 0 Å². The molecule has 0 radical (unpaired) electrons. The average molecular weight is 244 g/mol. The fourth-order valence-corrected chi connectivity index (χ4v) is 3.96. The highest BCUT2D eigenvalue weighted by Gasteiger charge is 2.11. The second kappa shape index (κ2) is 8.30. The van der Waals surface area contributed by atoms with Crippen molar-refractivity contribution in [3.63, 3.8) is 0 Å². The van der Waals surface area contributed by atoms with Crippen LogP contribution in [-0.2, 0) is 0 Å². The van der Waals surface area contributed by atoms with Gasteiger partial charge in [-0.15, -0.1) is 5.70 Å². The molecule has 0 aromatic rings. The van der Waals surface area contributed by atoms with Crippen molar-refractivity contribution in [2.75, 3.05) is 13.1 Å². The van der Waals surface area contributed by atoms with E-state index in [4.69, 9.17) is 0 Å². The molecule has 90 valence electrons. The molecule has 0 fully saturated rings. The summed E-state index contributed by atoms with van der Waals surface area (Å²) in [5.41, 5.74) is 3.96. The first-order valence-corrected chi connectivity index (χ1v) is 11.8. The van der Waals surface area contributed by atoms with Gasteiger partial charge in [-0.1, -0.05) is 31.3 Å². The molecule has 0 aliphatic carbocycles. The summed E-state index contributed by atoms with van der Waals surface area (Å²) < 4.78 is 0. The molecule has 0 aromatic heterocycles.